The second kappa shape index (κ2) is 4.99. The van der Waals surface area contributed by atoms with Crippen LogP contribution in [0.4, 0.5) is 0 Å². The van der Waals surface area contributed by atoms with Crippen LogP contribution in [0.1, 0.15) is 13.3 Å². The maximum atomic E-state index is 10.5. The fourth-order valence-electron chi connectivity index (χ4n) is 1.14. The second-order valence-corrected chi connectivity index (χ2v) is 3.76. The maximum Gasteiger partial charge on any atom is 0.336 e. The summed E-state index contributed by atoms with van der Waals surface area (Å²) < 4.78 is 0.565. The number of rotatable bonds is 5. The van der Waals surface area contributed by atoms with Crippen LogP contribution in [0.5, 0.6) is 0 Å². The lowest BCUT2D eigenvalue weighted by Gasteiger charge is -2.25. The topological polar surface area (TPSA) is 63.3 Å². The van der Waals surface area contributed by atoms with E-state index in [0.717, 1.165) is 13.0 Å². The summed E-state index contributed by atoms with van der Waals surface area (Å²) in [6, 6.07) is 0. The summed E-state index contributed by atoms with van der Waals surface area (Å²) in [5.41, 5.74) is 5.76. The zero-order valence-corrected chi connectivity index (χ0v) is 8.58. The van der Waals surface area contributed by atoms with Crippen LogP contribution >= 0.6 is 0 Å². The van der Waals surface area contributed by atoms with E-state index in [9.17, 15) is 4.79 Å². The number of carboxylic acids is 1. The number of nitrogens with zero attached hydrogens (tertiary/aromatic N) is 1. The van der Waals surface area contributed by atoms with Gasteiger partial charge in [-0.2, -0.15) is 0 Å². The van der Waals surface area contributed by atoms with Crippen LogP contribution in [-0.4, -0.2) is 42.7 Å². The number of hydrogen-bond donors (Lipinski definition) is 2. The van der Waals surface area contributed by atoms with Crippen LogP contribution in [0.15, 0.2) is 11.8 Å². The van der Waals surface area contributed by atoms with Gasteiger partial charge < -0.3 is 15.3 Å². The summed E-state index contributed by atoms with van der Waals surface area (Å²) in [5, 5.41) is 8.67. The third-order valence-corrected chi connectivity index (χ3v) is 1.82. The Bertz CT molecular complexity index is 210. The molecular formula is C9H19N2O2+. The minimum atomic E-state index is -0.862. The SMILES string of the molecule is CC(=C[N+](C)(C)CCCN)C(=O)O. The van der Waals surface area contributed by atoms with Crippen molar-refractivity contribution in [2.45, 2.75) is 13.3 Å². The number of aliphatic carboxylic acids is 1. The molecule has 0 unspecified atom stereocenters. The van der Waals surface area contributed by atoms with Crippen molar-refractivity contribution in [3.05, 3.63) is 11.8 Å². The van der Waals surface area contributed by atoms with Crippen LogP contribution in [0.25, 0.3) is 0 Å². The molecule has 13 heavy (non-hydrogen) atoms. The average molecular weight is 187 g/mol. The van der Waals surface area contributed by atoms with Gasteiger partial charge in [-0.1, -0.05) is 0 Å². The van der Waals surface area contributed by atoms with Crippen LogP contribution in [-0.2, 0) is 4.79 Å². The molecule has 0 bridgehead atoms. The lowest BCUT2D eigenvalue weighted by atomic mass is 10.3. The molecular weight excluding hydrogens is 168 g/mol. The Balaban J connectivity index is 4.29. The number of carbonyl (C=O) groups is 1. The number of quaternary nitrogens is 1. The lowest BCUT2D eigenvalue weighted by molar-refractivity contribution is -0.839. The van der Waals surface area contributed by atoms with E-state index in [1.807, 2.05) is 14.1 Å². The molecule has 0 saturated heterocycles. The van der Waals surface area contributed by atoms with Crippen molar-refractivity contribution in [2.75, 3.05) is 27.2 Å². The maximum absolute atomic E-state index is 10.5. The van der Waals surface area contributed by atoms with Crippen molar-refractivity contribution in [2.24, 2.45) is 5.73 Å². The van der Waals surface area contributed by atoms with Crippen molar-refractivity contribution in [1.82, 2.24) is 0 Å². The second-order valence-electron chi connectivity index (χ2n) is 3.76. The molecule has 0 aliphatic rings. The lowest BCUT2D eigenvalue weighted by Crippen LogP contribution is -2.36. The van der Waals surface area contributed by atoms with Crippen molar-refractivity contribution >= 4 is 5.97 Å². The summed E-state index contributed by atoms with van der Waals surface area (Å²) in [6.45, 7) is 3.10. The van der Waals surface area contributed by atoms with Gasteiger partial charge in [-0.15, -0.1) is 0 Å². The molecule has 0 heterocycles. The monoisotopic (exact) mass is 187 g/mol. The van der Waals surface area contributed by atoms with Gasteiger partial charge in [0, 0.05) is 6.42 Å². The largest absolute Gasteiger partial charge is 0.478 e. The minimum Gasteiger partial charge on any atom is -0.478 e. The van der Waals surface area contributed by atoms with E-state index in [1.54, 1.807) is 13.1 Å². The molecule has 0 aromatic rings. The molecule has 0 aliphatic heterocycles. The summed E-state index contributed by atoms with van der Waals surface area (Å²) in [7, 11) is 3.92. The van der Waals surface area contributed by atoms with Crippen molar-refractivity contribution in [3.63, 3.8) is 0 Å². The Morgan fingerprint density at radius 3 is 2.46 bits per heavy atom. The van der Waals surface area contributed by atoms with Gasteiger partial charge in [0.2, 0.25) is 0 Å². The molecule has 0 aliphatic carbocycles. The minimum absolute atomic E-state index is 0.377. The molecule has 76 valence electrons. The zero-order chi connectivity index (χ0) is 10.5. The van der Waals surface area contributed by atoms with Gasteiger partial charge in [-0.05, 0) is 13.5 Å². The molecule has 4 nitrogen and oxygen atoms in total. The third kappa shape index (κ3) is 5.38. The number of carboxylic acid groups (broad SMARTS) is 1. The molecule has 0 radical (unpaired) electrons. The molecule has 0 amide bonds. The molecule has 0 spiro atoms. The first-order valence-corrected chi connectivity index (χ1v) is 4.34. The summed E-state index contributed by atoms with van der Waals surface area (Å²) in [5.74, 6) is -0.862. The van der Waals surface area contributed by atoms with Crippen LogP contribution in [0.3, 0.4) is 0 Å². The fourth-order valence-corrected chi connectivity index (χ4v) is 1.14. The van der Waals surface area contributed by atoms with Crippen molar-refractivity contribution in [3.8, 4) is 0 Å². The highest BCUT2D eigenvalue weighted by Gasteiger charge is 2.14. The van der Waals surface area contributed by atoms with E-state index in [4.69, 9.17) is 10.8 Å². The average Bonchev–Trinajstić information content (AvgIpc) is 2.00. The summed E-state index contributed by atoms with van der Waals surface area (Å²) in [4.78, 5) is 10.5. The summed E-state index contributed by atoms with van der Waals surface area (Å²) in [6.07, 6.45) is 2.63. The van der Waals surface area contributed by atoms with Crippen LogP contribution < -0.4 is 5.73 Å². The van der Waals surface area contributed by atoms with Gasteiger partial charge in [-0.25, -0.2) is 4.79 Å². The number of nitrogens with two attached hydrogens (primary N) is 1. The van der Waals surface area contributed by atoms with E-state index >= 15 is 0 Å². The van der Waals surface area contributed by atoms with Crippen LogP contribution in [0.2, 0.25) is 0 Å². The van der Waals surface area contributed by atoms with Gasteiger partial charge in [-0.3, -0.25) is 0 Å². The molecule has 3 N–H and O–H groups in total. The van der Waals surface area contributed by atoms with Gasteiger partial charge in [0.1, 0.15) is 6.20 Å². The van der Waals surface area contributed by atoms with Crippen molar-refractivity contribution < 1.29 is 14.4 Å². The Morgan fingerprint density at radius 2 is 2.08 bits per heavy atom. The van der Waals surface area contributed by atoms with Gasteiger partial charge in [0.25, 0.3) is 0 Å². The first-order chi connectivity index (χ1) is 5.89. The molecule has 0 aromatic heterocycles. The third-order valence-electron chi connectivity index (χ3n) is 1.82. The van der Waals surface area contributed by atoms with Crippen LogP contribution in [0, 0.1) is 0 Å². The highest BCUT2D eigenvalue weighted by atomic mass is 16.4. The van der Waals surface area contributed by atoms with E-state index in [-0.39, 0.29) is 0 Å². The standard InChI is InChI=1S/C9H18N2O2/c1-8(9(12)13)7-11(2,3)6-4-5-10/h7H,4-6,10H2,1-3H3/p+1. The fraction of sp³-hybridized carbons (Fsp3) is 0.667. The Kier molecular flexibility index (Phi) is 4.66. The van der Waals surface area contributed by atoms with Gasteiger partial charge in [0.15, 0.2) is 0 Å². The molecule has 4 heteroatoms. The highest BCUT2D eigenvalue weighted by Crippen LogP contribution is 2.04. The molecule has 0 saturated carbocycles. The normalized spacial score (nSPS) is 13.1. The number of hydrogen-bond acceptors (Lipinski definition) is 2. The highest BCUT2D eigenvalue weighted by molar-refractivity contribution is 5.85. The molecule has 0 aromatic carbocycles. The van der Waals surface area contributed by atoms with Gasteiger partial charge >= 0.3 is 5.97 Å². The predicted molar refractivity (Wildman–Crippen MR) is 52.0 cm³/mol. The van der Waals surface area contributed by atoms with E-state index < -0.39 is 5.97 Å². The Morgan fingerprint density at radius 1 is 1.54 bits per heavy atom. The molecule has 0 rings (SSSR count). The smallest absolute Gasteiger partial charge is 0.336 e. The Labute approximate surface area is 79.2 Å². The Hall–Kier alpha value is -0.870. The first kappa shape index (κ1) is 12.1. The molecule has 0 atom stereocenters. The quantitative estimate of drug-likeness (QED) is 0.483. The zero-order valence-electron chi connectivity index (χ0n) is 8.58. The van der Waals surface area contributed by atoms with Crippen molar-refractivity contribution in [1.29, 1.82) is 0 Å². The predicted octanol–water partition coefficient (Wildman–Crippen LogP) is 0.400. The molecule has 0 fully saturated rings. The van der Waals surface area contributed by atoms with E-state index in [1.165, 1.54) is 0 Å². The first-order valence-electron chi connectivity index (χ1n) is 4.34. The van der Waals surface area contributed by atoms with Gasteiger partial charge in [0.05, 0.1) is 26.2 Å². The van der Waals surface area contributed by atoms with E-state index in [0.29, 0.717) is 16.6 Å². The summed E-state index contributed by atoms with van der Waals surface area (Å²) >= 11 is 0. The van der Waals surface area contributed by atoms with E-state index in [2.05, 4.69) is 0 Å².